The largest absolute Gasteiger partial charge is 0.417 e. The van der Waals surface area contributed by atoms with E-state index in [2.05, 4.69) is 11.4 Å². The van der Waals surface area contributed by atoms with Crippen molar-refractivity contribution in [1.82, 2.24) is 14.7 Å². The summed E-state index contributed by atoms with van der Waals surface area (Å²) >= 11 is 1.72. The van der Waals surface area contributed by atoms with Crippen molar-refractivity contribution in [3.05, 3.63) is 57.3 Å². The summed E-state index contributed by atoms with van der Waals surface area (Å²) < 4.78 is 39.8. The van der Waals surface area contributed by atoms with Gasteiger partial charge in [-0.05, 0) is 42.5 Å². The lowest BCUT2D eigenvalue weighted by Crippen LogP contribution is -2.56. The quantitative estimate of drug-likeness (QED) is 0.718. The van der Waals surface area contributed by atoms with E-state index in [-0.39, 0.29) is 30.6 Å². The molecule has 0 saturated carbocycles. The van der Waals surface area contributed by atoms with Crippen molar-refractivity contribution in [1.29, 1.82) is 0 Å². The molecule has 1 unspecified atom stereocenters. The lowest BCUT2D eigenvalue weighted by atomic mass is 10.0. The molecule has 1 saturated heterocycles. The summed E-state index contributed by atoms with van der Waals surface area (Å²) in [4.78, 5) is 32.4. The van der Waals surface area contributed by atoms with E-state index in [0.29, 0.717) is 26.2 Å². The van der Waals surface area contributed by atoms with E-state index in [0.717, 1.165) is 12.5 Å². The second kappa shape index (κ2) is 8.63. The summed E-state index contributed by atoms with van der Waals surface area (Å²) in [6, 6.07) is 6.61. The van der Waals surface area contributed by atoms with Gasteiger partial charge < -0.3 is 9.80 Å². The van der Waals surface area contributed by atoms with E-state index in [9.17, 15) is 22.8 Å². The van der Waals surface area contributed by atoms with Gasteiger partial charge in [0.1, 0.15) is 0 Å². The van der Waals surface area contributed by atoms with Gasteiger partial charge in [-0.2, -0.15) is 13.2 Å². The zero-order valence-electron chi connectivity index (χ0n) is 17.2. The van der Waals surface area contributed by atoms with Crippen LogP contribution >= 0.6 is 11.3 Å². The first kappa shape index (κ1) is 21.8. The molecule has 9 heteroatoms. The first-order valence-corrected chi connectivity index (χ1v) is 11.2. The minimum atomic E-state index is -4.58. The van der Waals surface area contributed by atoms with Gasteiger partial charge in [0.25, 0.3) is 5.91 Å². The van der Waals surface area contributed by atoms with Gasteiger partial charge in [0.05, 0.1) is 17.2 Å². The summed E-state index contributed by atoms with van der Waals surface area (Å²) in [5, 5.41) is 2.05. The summed E-state index contributed by atoms with van der Waals surface area (Å²) in [5.41, 5.74) is -0.0353. The van der Waals surface area contributed by atoms with Crippen molar-refractivity contribution in [3.8, 4) is 0 Å². The van der Waals surface area contributed by atoms with Gasteiger partial charge >= 0.3 is 6.18 Å². The summed E-state index contributed by atoms with van der Waals surface area (Å²) in [7, 11) is 0. The number of carbonyl (C=O) groups excluding carboxylic acids is 2. The average Bonchev–Trinajstić information content (AvgIpc) is 3.25. The first-order chi connectivity index (χ1) is 14.8. The Labute approximate surface area is 183 Å². The van der Waals surface area contributed by atoms with Gasteiger partial charge in [0.15, 0.2) is 0 Å². The summed E-state index contributed by atoms with van der Waals surface area (Å²) in [5.74, 6) is -0.563. The minimum absolute atomic E-state index is 0.0547. The molecule has 0 bridgehead atoms. The number of piperazine rings is 1. The normalized spacial score (nSPS) is 18.6. The monoisotopic (exact) mass is 451 g/mol. The Morgan fingerprint density at radius 2 is 1.71 bits per heavy atom. The van der Waals surface area contributed by atoms with Crippen LogP contribution in [0.25, 0.3) is 0 Å². The number of nitrogens with zero attached hydrogens (tertiary/aromatic N) is 3. The Bertz CT molecular complexity index is 967. The molecule has 2 aromatic rings. The van der Waals surface area contributed by atoms with Gasteiger partial charge in [-0.1, -0.05) is 12.1 Å². The molecule has 31 heavy (non-hydrogen) atoms. The van der Waals surface area contributed by atoms with Crippen LogP contribution in [0.2, 0.25) is 0 Å². The smallest absolute Gasteiger partial charge is 0.337 e. The second-order valence-electron chi connectivity index (χ2n) is 7.93. The third kappa shape index (κ3) is 4.48. The van der Waals surface area contributed by atoms with Crippen molar-refractivity contribution in [2.24, 2.45) is 0 Å². The molecule has 166 valence electrons. The lowest BCUT2D eigenvalue weighted by molar-refractivity contribution is -0.139. The molecule has 3 heterocycles. The minimum Gasteiger partial charge on any atom is -0.337 e. The van der Waals surface area contributed by atoms with Crippen molar-refractivity contribution in [3.63, 3.8) is 0 Å². The van der Waals surface area contributed by atoms with Gasteiger partial charge in [0, 0.05) is 44.1 Å². The fourth-order valence-corrected chi connectivity index (χ4v) is 5.15. The van der Waals surface area contributed by atoms with Crippen LogP contribution in [0, 0.1) is 0 Å². The molecule has 2 amide bonds. The Morgan fingerprint density at radius 1 is 1.00 bits per heavy atom. The molecular formula is C22H24F3N3O2S. The number of rotatable bonds is 3. The van der Waals surface area contributed by atoms with Crippen LogP contribution in [0.1, 0.15) is 33.3 Å². The highest BCUT2D eigenvalue weighted by Crippen LogP contribution is 2.32. The molecule has 2 aliphatic rings. The topological polar surface area (TPSA) is 43.9 Å². The van der Waals surface area contributed by atoms with E-state index >= 15 is 0 Å². The molecule has 0 N–H and O–H groups in total. The Morgan fingerprint density at radius 3 is 2.42 bits per heavy atom. The van der Waals surface area contributed by atoms with Crippen LogP contribution in [0.3, 0.4) is 0 Å². The average molecular weight is 452 g/mol. The maximum atomic E-state index is 13.3. The number of halogens is 3. The number of hydrogen-bond donors (Lipinski definition) is 0. The number of carbonyl (C=O) groups is 2. The molecule has 0 spiro atoms. The zero-order chi connectivity index (χ0) is 22.2. The maximum absolute atomic E-state index is 13.3. The van der Waals surface area contributed by atoms with E-state index in [1.54, 1.807) is 11.3 Å². The van der Waals surface area contributed by atoms with Crippen molar-refractivity contribution < 1.29 is 22.8 Å². The molecule has 1 aromatic heterocycles. The van der Waals surface area contributed by atoms with Crippen LogP contribution < -0.4 is 0 Å². The number of hydrogen-bond acceptors (Lipinski definition) is 4. The van der Waals surface area contributed by atoms with Crippen LogP contribution in [-0.4, -0.2) is 65.3 Å². The highest BCUT2D eigenvalue weighted by Gasteiger charge is 2.37. The van der Waals surface area contributed by atoms with Crippen molar-refractivity contribution >= 4 is 23.2 Å². The fourth-order valence-electron chi connectivity index (χ4n) is 4.26. The lowest BCUT2D eigenvalue weighted by Gasteiger charge is -2.39. The van der Waals surface area contributed by atoms with E-state index in [1.807, 2.05) is 16.7 Å². The predicted molar refractivity (Wildman–Crippen MR) is 112 cm³/mol. The number of amides is 2. The summed E-state index contributed by atoms with van der Waals surface area (Å²) in [6.07, 6.45) is -3.71. The first-order valence-electron chi connectivity index (χ1n) is 10.3. The molecule has 0 aliphatic carbocycles. The number of fused-ring (bicyclic) bond motifs is 1. The Hall–Kier alpha value is -2.39. The third-order valence-corrected chi connectivity index (χ3v) is 7.11. The van der Waals surface area contributed by atoms with Crippen LogP contribution in [-0.2, 0) is 23.9 Å². The highest BCUT2D eigenvalue weighted by atomic mass is 32.1. The van der Waals surface area contributed by atoms with Crippen LogP contribution in [0.5, 0.6) is 0 Å². The van der Waals surface area contributed by atoms with Gasteiger partial charge in [-0.15, -0.1) is 11.3 Å². The van der Waals surface area contributed by atoms with Crippen LogP contribution in [0.15, 0.2) is 35.7 Å². The van der Waals surface area contributed by atoms with E-state index in [1.165, 1.54) is 33.5 Å². The molecule has 1 aromatic carbocycles. The summed E-state index contributed by atoms with van der Waals surface area (Å²) in [6.45, 7) is 4.66. The van der Waals surface area contributed by atoms with Gasteiger partial charge in [0.2, 0.25) is 5.91 Å². The maximum Gasteiger partial charge on any atom is 0.417 e. The molecule has 1 fully saturated rings. The van der Waals surface area contributed by atoms with Crippen molar-refractivity contribution in [2.45, 2.75) is 32.1 Å². The Kier molecular flexibility index (Phi) is 6.07. The van der Waals surface area contributed by atoms with Gasteiger partial charge in [-0.3, -0.25) is 14.5 Å². The number of alkyl halides is 3. The van der Waals surface area contributed by atoms with Crippen molar-refractivity contribution in [2.75, 3.05) is 32.7 Å². The van der Waals surface area contributed by atoms with E-state index < -0.39 is 17.6 Å². The third-order valence-electron chi connectivity index (χ3n) is 6.09. The molecule has 4 rings (SSSR count). The Balaban J connectivity index is 1.37. The van der Waals surface area contributed by atoms with Gasteiger partial charge in [-0.25, -0.2) is 0 Å². The standard InChI is InChI=1S/C22H24F3N3O2S/c1-15(20(29)28-8-6-19-16(14-28)7-13-31-19)26-9-11-27(12-10-26)21(30)17-4-2-3-5-18(17)22(23,24)25/h2-5,7,13,15H,6,8-12,14H2,1H3. The van der Waals surface area contributed by atoms with E-state index in [4.69, 9.17) is 0 Å². The molecule has 2 aliphatic heterocycles. The molecule has 0 radical (unpaired) electrons. The molecule has 5 nitrogen and oxygen atoms in total. The predicted octanol–water partition coefficient (Wildman–Crippen LogP) is 3.50. The number of thiophene rings is 1. The van der Waals surface area contributed by atoms with Crippen LogP contribution in [0.4, 0.5) is 13.2 Å². The zero-order valence-corrected chi connectivity index (χ0v) is 18.0. The molecule has 1 atom stereocenters. The highest BCUT2D eigenvalue weighted by molar-refractivity contribution is 7.10. The second-order valence-corrected chi connectivity index (χ2v) is 8.93. The number of benzene rings is 1. The SMILES string of the molecule is CC(C(=O)N1CCc2sccc2C1)N1CCN(C(=O)c2ccccc2C(F)(F)F)CC1. The molecular weight excluding hydrogens is 427 g/mol. The fraction of sp³-hybridized carbons (Fsp3) is 0.455.